The summed E-state index contributed by atoms with van der Waals surface area (Å²) in [6, 6.07) is 0. The summed E-state index contributed by atoms with van der Waals surface area (Å²) in [6.45, 7) is 23.5. The molecule has 0 heterocycles. The van der Waals surface area contributed by atoms with Crippen LogP contribution in [0.3, 0.4) is 0 Å². The van der Waals surface area contributed by atoms with E-state index in [1.807, 2.05) is 34.6 Å². The predicted molar refractivity (Wildman–Crippen MR) is 98.4 cm³/mol. The Morgan fingerprint density at radius 1 is 1.05 bits per heavy atom. The zero-order valence-corrected chi connectivity index (χ0v) is 16.4. The lowest BCUT2D eigenvalue weighted by Crippen LogP contribution is -2.13. The molecule has 0 saturated carbocycles. The second-order valence-electron chi connectivity index (χ2n) is 6.78. The molecule has 0 saturated heterocycles. The van der Waals surface area contributed by atoms with Gasteiger partial charge in [-0.05, 0) is 43.9 Å². The molecule has 122 valence electrons. The third kappa shape index (κ3) is 19.8. The molecule has 0 N–H and O–H groups in total. The molecule has 0 nitrogen and oxygen atoms in total. The first-order valence-corrected chi connectivity index (χ1v) is 8.46. The van der Waals surface area contributed by atoms with E-state index in [0.717, 1.165) is 0 Å². The Balaban J connectivity index is -0.000000236. The van der Waals surface area contributed by atoms with Gasteiger partial charge in [0.2, 0.25) is 0 Å². The molecule has 1 aliphatic carbocycles. The summed E-state index contributed by atoms with van der Waals surface area (Å²) in [5, 5.41) is 0. The first-order chi connectivity index (χ1) is 9.16. The normalized spacial score (nSPS) is 16.6. The van der Waals surface area contributed by atoms with Crippen molar-refractivity contribution in [3.8, 4) is 0 Å². The van der Waals surface area contributed by atoms with Gasteiger partial charge < -0.3 is 0 Å². The van der Waals surface area contributed by atoms with E-state index < -0.39 is 0 Å². The van der Waals surface area contributed by atoms with Gasteiger partial charge in [-0.25, -0.2) is 0 Å². The average molecular weight is 283 g/mol. The van der Waals surface area contributed by atoms with Gasteiger partial charge in [-0.2, -0.15) is 0 Å². The Labute approximate surface area is 130 Å². The summed E-state index contributed by atoms with van der Waals surface area (Å²) >= 11 is 0. The van der Waals surface area contributed by atoms with Crippen LogP contribution in [0.5, 0.6) is 0 Å². The summed E-state index contributed by atoms with van der Waals surface area (Å²) in [4.78, 5) is 0. The smallest absolute Gasteiger partial charge is 0.0203 e. The van der Waals surface area contributed by atoms with Gasteiger partial charge >= 0.3 is 0 Å². The SMILES string of the molecule is C/C=C/C(C)(C)C.CC.CC.CC1=CCC(C)(C)CC1. The van der Waals surface area contributed by atoms with Gasteiger partial charge in [0.15, 0.2) is 0 Å². The lowest BCUT2D eigenvalue weighted by molar-refractivity contribution is 0.325. The first-order valence-electron chi connectivity index (χ1n) is 8.46. The van der Waals surface area contributed by atoms with E-state index in [4.69, 9.17) is 0 Å². The van der Waals surface area contributed by atoms with E-state index >= 15 is 0 Å². The minimum atomic E-state index is 0.370. The zero-order chi connectivity index (χ0) is 16.8. The molecule has 1 aliphatic rings. The summed E-state index contributed by atoms with van der Waals surface area (Å²) < 4.78 is 0. The molecule has 20 heavy (non-hydrogen) atoms. The second kappa shape index (κ2) is 13.5. The van der Waals surface area contributed by atoms with Gasteiger partial charge in [0, 0.05) is 0 Å². The van der Waals surface area contributed by atoms with Crippen LogP contribution in [0.1, 0.15) is 95.4 Å². The number of hydrogen-bond donors (Lipinski definition) is 0. The lowest BCUT2D eigenvalue weighted by Gasteiger charge is -2.27. The van der Waals surface area contributed by atoms with E-state index in [2.05, 4.69) is 59.8 Å². The molecule has 0 bridgehead atoms. The molecule has 0 aromatic rings. The molecule has 1 rings (SSSR count). The van der Waals surface area contributed by atoms with Crippen LogP contribution in [0.25, 0.3) is 0 Å². The molecule has 0 amide bonds. The van der Waals surface area contributed by atoms with Gasteiger partial charge in [-0.1, -0.05) is 86.1 Å². The van der Waals surface area contributed by atoms with Crippen LogP contribution >= 0.6 is 0 Å². The Morgan fingerprint density at radius 2 is 1.50 bits per heavy atom. The fraction of sp³-hybridized carbons (Fsp3) is 0.800. The molecular weight excluding hydrogens is 240 g/mol. The average Bonchev–Trinajstić information content (AvgIpc) is 2.37. The summed E-state index contributed by atoms with van der Waals surface area (Å²) in [6.07, 6.45) is 10.6. The van der Waals surface area contributed by atoms with Crippen molar-refractivity contribution in [3.05, 3.63) is 23.8 Å². The quantitative estimate of drug-likeness (QED) is 0.397. The molecule has 0 spiro atoms. The van der Waals surface area contributed by atoms with Crippen LogP contribution in [0.4, 0.5) is 0 Å². The highest BCUT2D eigenvalue weighted by atomic mass is 14.2. The minimum absolute atomic E-state index is 0.370. The van der Waals surface area contributed by atoms with Crippen LogP contribution in [0.2, 0.25) is 0 Å². The van der Waals surface area contributed by atoms with Crippen molar-refractivity contribution in [2.45, 2.75) is 95.4 Å². The van der Waals surface area contributed by atoms with Crippen molar-refractivity contribution in [1.82, 2.24) is 0 Å². The van der Waals surface area contributed by atoms with E-state index in [-0.39, 0.29) is 0 Å². The maximum absolute atomic E-state index is 2.38. The summed E-state index contributed by atoms with van der Waals surface area (Å²) in [7, 11) is 0. The predicted octanol–water partition coefficient (Wildman–Crippen LogP) is 7.80. The standard InChI is InChI=1S/C9H16.C7H14.2C2H6/c1-8-4-6-9(2,3)7-5-8;1-5-6-7(2,3)4;2*1-2/h4H,5-7H2,1-3H3;5-6H,1-4H3;2*1-2H3/b;6-5+;;. The minimum Gasteiger partial charge on any atom is -0.0911 e. The Hall–Kier alpha value is -0.520. The highest BCUT2D eigenvalue weighted by molar-refractivity contribution is 5.04. The topological polar surface area (TPSA) is 0 Å². The Morgan fingerprint density at radius 3 is 1.65 bits per heavy atom. The fourth-order valence-corrected chi connectivity index (χ4v) is 1.69. The first kappa shape index (κ1) is 24.5. The largest absolute Gasteiger partial charge is 0.0911 e. The highest BCUT2D eigenvalue weighted by Gasteiger charge is 2.19. The van der Waals surface area contributed by atoms with Crippen LogP contribution in [0.15, 0.2) is 23.8 Å². The lowest BCUT2D eigenvalue weighted by atomic mass is 9.79. The van der Waals surface area contributed by atoms with Crippen molar-refractivity contribution in [2.24, 2.45) is 10.8 Å². The van der Waals surface area contributed by atoms with Gasteiger partial charge in [0.25, 0.3) is 0 Å². The van der Waals surface area contributed by atoms with Crippen LogP contribution in [0, 0.1) is 10.8 Å². The maximum Gasteiger partial charge on any atom is -0.0203 e. The molecule has 0 unspecified atom stereocenters. The second-order valence-corrected chi connectivity index (χ2v) is 6.78. The Kier molecular flexibility index (Phi) is 16.5. The Bertz CT molecular complexity index is 246. The van der Waals surface area contributed by atoms with Crippen molar-refractivity contribution in [2.75, 3.05) is 0 Å². The molecule has 0 atom stereocenters. The molecule has 0 fully saturated rings. The molecular formula is C20H42. The van der Waals surface area contributed by atoms with Crippen LogP contribution in [-0.4, -0.2) is 0 Å². The molecule has 0 aromatic carbocycles. The molecule has 0 aromatic heterocycles. The maximum atomic E-state index is 2.38. The highest BCUT2D eigenvalue weighted by Crippen LogP contribution is 2.33. The van der Waals surface area contributed by atoms with Crippen molar-refractivity contribution < 1.29 is 0 Å². The van der Waals surface area contributed by atoms with E-state index in [1.165, 1.54) is 19.3 Å². The summed E-state index contributed by atoms with van der Waals surface area (Å²) in [5.41, 5.74) is 2.53. The fourth-order valence-electron chi connectivity index (χ4n) is 1.69. The number of hydrogen-bond acceptors (Lipinski definition) is 0. The van der Waals surface area contributed by atoms with Crippen molar-refractivity contribution in [3.63, 3.8) is 0 Å². The van der Waals surface area contributed by atoms with Crippen LogP contribution < -0.4 is 0 Å². The monoisotopic (exact) mass is 282 g/mol. The number of rotatable bonds is 0. The van der Waals surface area contributed by atoms with Gasteiger partial charge in [-0.3, -0.25) is 0 Å². The van der Waals surface area contributed by atoms with Gasteiger partial charge in [0.05, 0.1) is 0 Å². The molecule has 0 heteroatoms. The van der Waals surface area contributed by atoms with Gasteiger partial charge in [-0.15, -0.1) is 0 Å². The number of allylic oxidation sites excluding steroid dienone is 4. The van der Waals surface area contributed by atoms with E-state index in [1.54, 1.807) is 5.57 Å². The van der Waals surface area contributed by atoms with E-state index in [9.17, 15) is 0 Å². The van der Waals surface area contributed by atoms with Crippen molar-refractivity contribution in [1.29, 1.82) is 0 Å². The molecule has 0 radical (unpaired) electrons. The third-order valence-electron chi connectivity index (χ3n) is 2.87. The van der Waals surface area contributed by atoms with Gasteiger partial charge in [0.1, 0.15) is 0 Å². The van der Waals surface area contributed by atoms with Crippen molar-refractivity contribution >= 4 is 0 Å². The summed E-state index contributed by atoms with van der Waals surface area (Å²) in [5.74, 6) is 0. The zero-order valence-electron chi connectivity index (χ0n) is 16.4. The van der Waals surface area contributed by atoms with Crippen LogP contribution in [-0.2, 0) is 0 Å². The third-order valence-corrected chi connectivity index (χ3v) is 2.87. The molecule has 0 aliphatic heterocycles. The van der Waals surface area contributed by atoms with E-state index in [0.29, 0.717) is 10.8 Å².